The lowest BCUT2D eigenvalue weighted by Gasteiger charge is -2.00. The number of hydrogen-bond acceptors (Lipinski definition) is 2. The lowest BCUT2D eigenvalue weighted by molar-refractivity contribution is 0.589. The Morgan fingerprint density at radius 3 is 2.36 bits per heavy atom. The van der Waals surface area contributed by atoms with E-state index in [0.717, 1.165) is 0 Å². The monoisotopic (exact) mass is 195 g/mol. The van der Waals surface area contributed by atoms with Crippen molar-refractivity contribution >= 4 is 5.95 Å². The van der Waals surface area contributed by atoms with Gasteiger partial charge in [0.1, 0.15) is 11.6 Å². The maximum atomic E-state index is 13.2. The van der Waals surface area contributed by atoms with Crippen LogP contribution in [0.25, 0.3) is 11.3 Å². The highest BCUT2D eigenvalue weighted by molar-refractivity contribution is 5.61. The number of H-pyrrole nitrogens is 1. The summed E-state index contributed by atoms with van der Waals surface area (Å²) in [5.74, 6) is -1.16. The second-order valence-electron chi connectivity index (χ2n) is 2.78. The van der Waals surface area contributed by atoms with Gasteiger partial charge in [0, 0.05) is 0 Å². The zero-order valence-electron chi connectivity index (χ0n) is 7.09. The van der Waals surface area contributed by atoms with Crippen molar-refractivity contribution in [3.05, 3.63) is 36.0 Å². The largest absolute Gasteiger partial charge is 0.369 e. The number of nitrogens with zero attached hydrogens (tertiary/aromatic N) is 1. The molecule has 14 heavy (non-hydrogen) atoms. The van der Waals surface area contributed by atoms with E-state index in [4.69, 9.17) is 5.73 Å². The van der Waals surface area contributed by atoms with Gasteiger partial charge in [-0.25, -0.2) is 13.8 Å². The summed E-state index contributed by atoms with van der Waals surface area (Å²) in [5.41, 5.74) is 5.40. The number of benzene rings is 1. The first-order chi connectivity index (χ1) is 6.68. The van der Waals surface area contributed by atoms with Crippen molar-refractivity contribution in [2.24, 2.45) is 0 Å². The molecule has 3 N–H and O–H groups in total. The van der Waals surface area contributed by atoms with Crippen molar-refractivity contribution in [3.8, 4) is 11.3 Å². The highest BCUT2D eigenvalue weighted by atomic mass is 19.1. The molecule has 0 spiro atoms. The van der Waals surface area contributed by atoms with Gasteiger partial charge in [0.15, 0.2) is 5.95 Å². The molecule has 0 aliphatic carbocycles. The number of nitrogen functional groups attached to an aromatic ring is 1. The van der Waals surface area contributed by atoms with E-state index >= 15 is 0 Å². The van der Waals surface area contributed by atoms with Crippen molar-refractivity contribution in [3.63, 3.8) is 0 Å². The minimum atomic E-state index is -0.645. The van der Waals surface area contributed by atoms with Crippen LogP contribution in [0.2, 0.25) is 0 Å². The van der Waals surface area contributed by atoms with Crippen molar-refractivity contribution in [1.29, 1.82) is 0 Å². The highest BCUT2D eigenvalue weighted by Crippen LogP contribution is 2.24. The van der Waals surface area contributed by atoms with Gasteiger partial charge in [0.25, 0.3) is 0 Å². The van der Waals surface area contributed by atoms with Crippen molar-refractivity contribution in [2.45, 2.75) is 0 Å². The fourth-order valence-electron chi connectivity index (χ4n) is 1.22. The third-order valence-electron chi connectivity index (χ3n) is 1.83. The molecule has 1 heterocycles. The molecule has 0 aliphatic rings. The summed E-state index contributed by atoms with van der Waals surface area (Å²) in [7, 11) is 0. The van der Waals surface area contributed by atoms with Gasteiger partial charge in [0.2, 0.25) is 0 Å². The van der Waals surface area contributed by atoms with Gasteiger partial charge in [0.05, 0.1) is 17.5 Å². The average Bonchev–Trinajstić information content (AvgIpc) is 2.51. The van der Waals surface area contributed by atoms with Crippen LogP contribution in [0.4, 0.5) is 14.7 Å². The van der Waals surface area contributed by atoms with Crippen LogP contribution in [-0.2, 0) is 0 Å². The van der Waals surface area contributed by atoms with Crippen LogP contribution in [0.15, 0.2) is 24.4 Å². The molecule has 2 rings (SSSR count). The number of rotatable bonds is 1. The van der Waals surface area contributed by atoms with Crippen LogP contribution in [0.3, 0.4) is 0 Å². The lowest BCUT2D eigenvalue weighted by Crippen LogP contribution is -1.90. The second kappa shape index (κ2) is 3.10. The summed E-state index contributed by atoms with van der Waals surface area (Å²) in [6.07, 6.45) is 1.29. The highest BCUT2D eigenvalue weighted by Gasteiger charge is 2.12. The Kier molecular flexibility index (Phi) is 1.92. The van der Waals surface area contributed by atoms with Gasteiger partial charge in [-0.2, -0.15) is 0 Å². The van der Waals surface area contributed by atoms with E-state index < -0.39 is 11.6 Å². The second-order valence-corrected chi connectivity index (χ2v) is 2.78. The fraction of sp³-hybridized carbons (Fsp3) is 0. The Labute approximate surface area is 78.6 Å². The molecular weight excluding hydrogens is 188 g/mol. The molecule has 0 aliphatic heterocycles. The Morgan fingerprint density at radius 2 is 1.86 bits per heavy atom. The average molecular weight is 195 g/mol. The first-order valence-electron chi connectivity index (χ1n) is 3.93. The maximum Gasteiger partial charge on any atom is 0.197 e. The molecular formula is C9H7F2N3. The van der Waals surface area contributed by atoms with Crippen molar-refractivity contribution in [2.75, 3.05) is 5.73 Å². The number of nitrogens with two attached hydrogens (primary N) is 1. The Hall–Kier alpha value is -1.91. The van der Waals surface area contributed by atoms with E-state index in [1.165, 1.54) is 24.4 Å². The number of anilines is 1. The van der Waals surface area contributed by atoms with Gasteiger partial charge in [-0.05, 0) is 12.1 Å². The van der Waals surface area contributed by atoms with Crippen LogP contribution < -0.4 is 5.73 Å². The molecule has 5 heteroatoms. The maximum absolute atomic E-state index is 13.2. The van der Waals surface area contributed by atoms with Crippen molar-refractivity contribution < 1.29 is 8.78 Å². The first-order valence-corrected chi connectivity index (χ1v) is 3.93. The molecule has 2 aromatic rings. The number of imidazole rings is 1. The zero-order chi connectivity index (χ0) is 10.1. The van der Waals surface area contributed by atoms with Gasteiger partial charge in [-0.3, -0.25) is 0 Å². The molecule has 0 saturated heterocycles. The van der Waals surface area contributed by atoms with Gasteiger partial charge >= 0.3 is 0 Å². The van der Waals surface area contributed by atoms with Gasteiger partial charge in [-0.1, -0.05) is 6.07 Å². The molecule has 0 saturated carbocycles. The summed E-state index contributed by atoms with van der Waals surface area (Å²) in [6.45, 7) is 0. The molecule has 1 aromatic heterocycles. The Balaban J connectivity index is 2.61. The SMILES string of the molecule is Nc1ncc(-c2c(F)cccc2F)[nH]1. The molecule has 0 bridgehead atoms. The third-order valence-corrected chi connectivity index (χ3v) is 1.83. The van der Waals surface area contributed by atoms with Crippen LogP contribution >= 0.6 is 0 Å². The van der Waals surface area contributed by atoms with E-state index in [1.807, 2.05) is 0 Å². The fourth-order valence-corrected chi connectivity index (χ4v) is 1.22. The molecule has 0 unspecified atom stereocenters. The van der Waals surface area contributed by atoms with Crippen molar-refractivity contribution in [1.82, 2.24) is 9.97 Å². The van der Waals surface area contributed by atoms with E-state index in [1.54, 1.807) is 0 Å². The van der Waals surface area contributed by atoms with E-state index in [0.29, 0.717) is 0 Å². The predicted molar refractivity (Wildman–Crippen MR) is 48.4 cm³/mol. The number of aromatic amines is 1. The lowest BCUT2D eigenvalue weighted by atomic mass is 10.1. The molecule has 0 atom stereocenters. The molecule has 0 fully saturated rings. The smallest absolute Gasteiger partial charge is 0.197 e. The van der Waals surface area contributed by atoms with Gasteiger partial charge in [-0.15, -0.1) is 0 Å². The van der Waals surface area contributed by atoms with Crippen LogP contribution in [-0.4, -0.2) is 9.97 Å². The summed E-state index contributed by atoms with van der Waals surface area (Å²) in [6, 6.07) is 3.65. The predicted octanol–water partition coefficient (Wildman–Crippen LogP) is 1.94. The van der Waals surface area contributed by atoms with Crippen LogP contribution in [0.1, 0.15) is 0 Å². The first kappa shape index (κ1) is 8.68. The third kappa shape index (κ3) is 1.32. The standard InChI is InChI=1S/C9H7F2N3/c10-5-2-1-3-6(11)8(5)7-4-13-9(12)14-7/h1-4H,(H3,12,13,14). The molecule has 0 radical (unpaired) electrons. The molecule has 3 nitrogen and oxygen atoms in total. The normalized spacial score (nSPS) is 10.4. The minimum Gasteiger partial charge on any atom is -0.369 e. The molecule has 1 aromatic carbocycles. The Morgan fingerprint density at radius 1 is 1.21 bits per heavy atom. The molecule has 72 valence electrons. The summed E-state index contributed by atoms with van der Waals surface area (Å²) in [4.78, 5) is 6.22. The number of hydrogen-bond donors (Lipinski definition) is 2. The van der Waals surface area contributed by atoms with E-state index in [2.05, 4.69) is 9.97 Å². The zero-order valence-corrected chi connectivity index (χ0v) is 7.09. The minimum absolute atomic E-state index is 0.127. The summed E-state index contributed by atoms with van der Waals surface area (Å²) in [5, 5.41) is 0. The topological polar surface area (TPSA) is 54.7 Å². The van der Waals surface area contributed by atoms with Crippen LogP contribution in [0, 0.1) is 11.6 Å². The van der Waals surface area contributed by atoms with E-state index in [-0.39, 0.29) is 17.2 Å². The number of aromatic nitrogens is 2. The van der Waals surface area contributed by atoms with Crippen LogP contribution in [0.5, 0.6) is 0 Å². The van der Waals surface area contributed by atoms with Gasteiger partial charge < -0.3 is 10.7 Å². The summed E-state index contributed by atoms with van der Waals surface area (Å²) >= 11 is 0. The Bertz CT molecular complexity index is 445. The number of nitrogens with one attached hydrogen (secondary N) is 1. The molecule has 0 amide bonds. The number of halogens is 2. The van der Waals surface area contributed by atoms with E-state index in [9.17, 15) is 8.78 Å². The summed E-state index contributed by atoms with van der Waals surface area (Å²) < 4.78 is 26.4. The quantitative estimate of drug-likeness (QED) is 0.730.